The summed E-state index contributed by atoms with van der Waals surface area (Å²) in [5, 5.41) is 25.4. The van der Waals surface area contributed by atoms with Crippen LogP contribution in [0.3, 0.4) is 0 Å². The first-order chi connectivity index (χ1) is 25.3. The number of aromatic nitrogens is 3. The van der Waals surface area contributed by atoms with Gasteiger partial charge in [-0.1, -0.05) is 53.2 Å². The monoisotopic (exact) mass is 741 g/mol. The van der Waals surface area contributed by atoms with Crippen LogP contribution in [0.4, 0.5) is 5.69 Å². The second-order valence-electron chi connectivity index (χ2n) is 12.6. The molecule has 2 aromatic heterocycles. The lowest BCUT2D eigenvalue weighted by Gasteiger charge is -2.36. The number of para-hydroxylation sites is 2. The Morgan fingerprint density at radius 3 is 2.69 bits per heavy atom. The first-order valence-electron chi connectivity index (χ1n) is 16.9. The Labute approximate surface area is 308 Å². The zero-order valence-corrected chi connectivity index (χ0v) is 29.7. The van der Waals surface area contributed by atoms with Crippen molar-refractivity contribution in [2.45, 2.75) is 38.3 Å². The maximum atomic E-state index is 13.5. The standard InChI is InChI=1S/C37H36ClN7O6S/c38-29-11-9-26(10-12-29)32(42-15-13-35-28(21-42)14-18-52-35)19-39-36(46)34-23-43(16-17-50-34)37(47)27-7-5-25(6-8-27)20-44-22-30(40-41-44)24-51-33-4-2-1-3-31(33)45(48)49/h1-12,14,18,22,32,34H,13,15-17,19-21,23-24H2,(H,39,46). The number of hydrogen-bond donors (Lipinski definition) is 1. The number of nitro groups is 1. The molecule has 4 heterocycles. The predicted molar refractivity (Wildman–Crippen MR) is 194 cm³/mol. The van der Waals surface area contributed by atoms with Gasteiger partial charge in [-0.3, -0.25) is 24.6 Å². The summed E-state index contributed by atoms with van der Waals surface area (Å²) < 4.78 is 13.1. The van der Waals surface area contributed by atoms with Gasteiger partial charge in [-0.05, 0) is 64.9 Å². The molecule has 0 aliphatic carbocycles. The Morgan fingerprint density at radius 1 is 1.08 bits per heavy atom. The summed E-state index contributed by atoms with van der Waals surface area (Å²) in [5.74, 6) is -0.274. The van der Waals surface area contributed by atoms with E-state index in [0.29, 0.717) is 35.9 Å². The van der Waals surface area contributed by atoms with E-state index in [1.165, 1.54) is 22.6 Å². The highest BCUT2D eigenvalue weighted by Crippen LogP contribution is 2.31. The van der Waals surface area contributed by atoms with Crippen molar-refractivity contribution in [1.82, 2.24) is 30.1 Å². The lowest BCUT2D eigenvalue weighted by molar-refractivity contribution is -0.385. The molecule has 52 heavy (non-hydrogen) atoms. The van der Waals surface area contributed by atoms with Crippen LogP contribution in [0.25, 0.3) is 0 Å². The zero-order valence-electron chi connectivity index (χ0n) is 28.1. The fourth-order valence-electron chi connectivity index (χ4n) is 6.47. The number of rotatable bonds is 12. The number of carbonyl (C=O) groups excluding carboxylic acids is 2. The molecule has 7 rings (SSSR count). The van der Waals surface area contributed by atoms with E-state index in [1.807, 2.05) is 36.4 Å². The molecule has 13 nitrogen and oxygen atoms in total. The molecular formula is C37H36ClN7O6S. The van der Waals surface area contributed by atoms with Gasteiger partial charge in [0, 0.05) is 47.7 Å². The lowest BCUT2D eigenvalue weighted by atomic mass is 10.0. The Bertz CT molecular complexity index is 2040. The summed E-state index contributed by atoms with van der Waals surface area (Å²) in [6, 6.07) is 23.2. The molecule has 0 saturated carbocycles. The van der Waals surface area contributed by atoms with Gasteiger partial charge >= 0.3 is 5.69 Å². The molecule has 0 radical (unpaired) electrons. The Hall–Kier alpha value is -5.15. The number of nitrogens with zero attached hydrogens (tertiary/aromatic N) is 6. The molecule has 1 fully saturated rings. The predicted octanol–water partition coefficient (Wildman–Crippen LogP) is 5.29. The third kappa shape index (κ3) is 8.31. The quantitative estimate of drug-likeness (QED) is 0.133. The highest BCUT2D eigenvalue weighted by molar-refractivity contribution is 7.10. The van der Waals surface area contributed by atoms with Crippen molar-refractivity contribution >= 4 is 40.4 Å². The van der Waals surface area contributed by atoms with E-state index in [-0.39, 0.29) is 49.1 Å². The molecule has 0 bridgehead atoms. The highest BCUT2D eigenvalue weighted by Gasteiger charge is 2.32. The number of nitrogens with one attached hydrogen (secondary N) is 1. The molecule has 1 N–H and O–H groups in total. The maximum Gasteiger partial charge on any atom is 0.310 e. The third-order valence-electron chi connectivity index (χ3n) is 9.22. The van der Waals surface area contributed by atoms with Crippen LogP contribution in [-0.4, -0.2) is 80.4 Å². The van der Waals surface area contributed by atoms with Gasteiger partial charge < -0.3 is 19.7 Å². The second kappa shape index (κ2) is 16.0. The molecule has 3 aromatic carbocycles. The average molecular weight is 742 g/mol. The summed E-state index contributed by atoms with van der Waals surface area (Å²) >= 11 is 7.98. The minimum atomic E-state index is -0.786. The van der Waals surface area contributed by atoms with Crippen LogP contribution in [0.15, 0.2) is 90.4 Å². The molecule has 268 valence electrons. The van der Waals surface area contributed by atoms with Gasteiger partial charge in [0.2, 0.25) is 0 Å². The zero-order chi connectivity index (χ0) is 36.0. The molecular weight excluding hydrogens is 706 g/mol. The average Bonchev–Trinajstić information content (AvgIpc) is 3.84. The van der Waals surface area contributed by atoms with Crippen LogP contribution in [0.1, 0.15) is 43.7 Å². The molecule has 0 spiro atoms. The number of hydrogen-bond acceptors (Lipinski definition) is 10. The van der Waals surface area contributed by atoms with Gasteiger partial charge in [-0.25, -0.2) is 4.68 Å². The van der Waals surface area contributed by atoms with Crippen LogP contribution in [0.2, 0.25) is 5.02 Å². The minimum Gasteiger partial charge on any atom is -0.480 e. The van der Waals surface area contributed by atoms with Crippen molar-refractivity contribution in [3.63, 3.8) is 0 Å². The van der Waals surface area contributed by atoms with Gasteiger partial charge in [0.15, 0.2) is 11.9 Å². The molecule has 1 saturated heterocycles. The highest BCUT2D eigenvalue weighted by atomic mass is 35.5. The number of morpholine rings is 1. The molecule has 2 aliphatic heterocycles. The van der Waals surface area contributed by atoms with Crippen LogP contribution in [0.5, 0.6) is 5.75 Å². The van der Waals surface area contributed by atoms with E-state index < -0.39 is 11.0 Å². The van der Waals surface area contributed by atoms with Crippen LogP contribution in [0, 0.1) is 10.1 Å². The largest absolute Gasteiger partial charge is 0.480 e. The summed E-state index contributed by atoms with van der Waals surface area (Å²) in [7, 11) is 0. The third-order valence-corrected chi connectivity index (χ3v) is 10.5. The van der Waals surface area contributed by atoms with E-state index in [1.54, 1.807) is 51.4 Å². The fraction of sp³-hybridized carbons (Fsp3) is 0.297. The molecule has 2 unspecified atom stereocenters. The number of amides is 2. The number of thiophene rings is 1. The van der Waals surface area contributed by atoms with Gasteiger partial charge in [0.25, 0.3) is 11.8 Å². The van der Waals surface area contributed by atoms with Crippen molar-refractivity contribution in [3.8, 4) is 5.75 Å². The molecule has 2 aliphatic rings. The summed E-state index contributed by atoms with van der Waals surface area (Å²) in [6.07, 6.45) is 1.89. The number of fused-ring (bicyclic) bond motifs is 1. The van der Waals surface area contributed by atoms with Crippen molar-refractivity contribution in [3.05, 3.63) is 138 Å². The van der Waals surface area contributed by atoms with E-state index >= 15 is 0 Å². The normalized spacial score (nSPS) is 16.6. The van der Waals surface area contributed by atoms with Crippen LogP contribution >= 0.6 is 22.9 Å². The number of carbonyl (C=O) groups is 2. The van der Waals surface area contributed by atoms with Gasteiger partial charge in [-0.2, -0.15) is 0 Å². The van der Waals surface area contributed by atoms with E-state index in [2.05, 4.69) is 32.0 Å². The van der Waals surface area contributed by atoms with E-state index in [4.69, 9.17) is 21.1 Å². The van der Waals surface area contributed by atoms with Crippen LogP contribution < -0.4 is 10.1 Å². The number of nitro benzene ring substituents is 1. The van der Waals surface area contributed by atoms with Gasteiger partial charge in [0.05, 0.1) is 36.9 Å². The summed E-state index contributed by atoms with van der Waals surface area (Å²) in [5.41, 5.74) is 4.19. The fourth-order valence-corrected chi connectivity index (χ4v) is 7.48. The summed E-state index contributed by atoms with van der Waals surface area (Å²) in [6.45, 7) is 3.29. The number of ether oxygens (including phenoxy) is 2. The van der Waals surface area contributed by atoms with Gasteiger partial charge in [0.1, 0.15) is 12.3 Å². The van der Waals surface area contributed by atoms with E-state index in [9.17, 15) is 19.7 Å². The van der Waals surface area contributed by atoms with Gasteiger partial charge in [-0.15, -0.1) is 16.4 Å². The molecule has 5 aromatic rings. The Morgan fingerprint density at radius 2 is 1.88 bits per heavy atom. The SMILES string of the molecule is O=C(NCC(c1ccc(Cl)cc1)N1CCc2sccc2C1)C1CN(C(=O)c2ccc(Cn3cc(COc4ccccc4[N+](=O)[O-])nn3)cc2)CCO1. The van der Waals surface area contributed by atoms with Crippen molar-refractivity contribution in [1.29, 1.82) is 0 Å². The topological polar surface area (TPSA) is 145 Å². The molecule has 2 atom stereocenters. The maximum absolute atomic E-state index is 13.5. The first-order valence-corrected chi connectivity index (χ1v) is 18.1. The van der Waals surface area contributed by atoms with E-state index in [0.717, 1.165) is 30.6 Å². The Kier molecular flexibility index (Phi) is 10.9. The second-order valence-corrected chi connectivity index (χ2v) is 14.1. The lowest BCUT2D eigenvalue weighted by Crippen LogP contribution is -2.52. The Balaban J connectivity index is 0.925. The minimum absolute atomic E-state index is 0.0224. The first kappa shape index (κ1) is 35.3. The van der Waals surface area contributed by atoms with Crippen molar-refractivity contribution in [2.75, 3.05) is 32.8 Å². The smallest absolute Gasteiger partial charge is 0.310 e. The number of benzene rings is 3. The van der Waals surface area contributed by atoms with Crippen LogP contribution in [-0.2, 0) is 35.6 Å². The summed E-state index contributed by atoms with van der Waals surface area (Å²) in [4.78, 5) is 43.1. The number of halogens is 1. The molecule has 2 amide bonds. The molecule has 15 heteroatoms. The van der Waals surface area contributed by atoms with Crippen molar-refractivity contribution in [2.24, 2.45) is 0 Å². The van der Waals surface area contributed by atoms with Crippen molar-refractivity contribution < 1.29 is 24.0 Å².